The predicted molar refractivity (Wildman–Crippen MR) is 86.1 cm³/mol. The zero-order valence-electron chi connectivity index (χ0n) is 13.2. The minimum Gasteiger partial charge on any atom is -0.359 e. The molecule has 1 saturated carbocycles. The maximum Gasteiger partial charge on any atom is 0.132 e. The molecule has 1 N–H and O–H groups in total. The van der Waals surface area contributed by atoms with Crippen LogP contribution in [-0.2, 0) is 6.54 Å². The van der Waals surface area contributed by atoms with Gasteiger partial charge >= 0.3 is 0 Å². The zero-order chi connectivity index (χ0) is 14.4. The van der Waals surface area contributed by atoms with Crippen LogP contribution in [0.1, 0.15) is 51.5 Å². The normalized spacial score (nSPS) is 16.6. The fourth-order valence-corrected chi connectivity index (χ4v) is 3.07. The molecule has 1 aliphatic rings. The summed E-state index contributed by atoms with van der Waals surface area (Å²) in [4.78, 5) is 6.96. The number of aromatic nitrogens is 1. The van der Waals surface area contributed by atoms with E-state index in [0.717, 1.165) is 24.8 Å². The van der Waals surface area contributed by atoms with E-state index in [0.29, 0.717) is 6.04 Å². The molecule has 112 valence electrons. The Hall–Kier alpha value is -1.09. The quantitative estimate of drug-likeness (QED) is 0.860. The molecule has 0 saturated heterocycles. The largest absolute Gasteiger partial charge is 0.359 e. The van der Waals surface area contributed by atoms with Crippen LogP contribution in [0.2, 0.25) is 0 Å². The van der Waals surface area contributed by atoms with Crippen LogP contribution in [0.15, 0.2) is 18.3 Å². The van der Waals surface area contributed by atoms with Crippen molar-refractivity contribution in [3.63, 3.8) is 0 Å². The van der Waals surface area contributed by atoms with E-state index < -0.39 is 0 Å². The van der Waals surface area contributed by atoms with Gasteiger partial charge in [0.15, 0.2) is 0 Å². The van der Waals surface area contributed by atoms with Gasteiger partial charge < -0.3 is 10.2 Å². The summed E-state index contributed by atoms with van der Waals surface area (Å²) in [6.07, 6.45) is 8.91. The minimum absolute atomic E-state index is 0.506. The molecule has 1 aliphatic carbocycles. The first kappa shape index (κ1) is 15.3. The Balaban J connectivity index is 1.98. The van der Waals surface area contributed by atoms with E-state index in [1.165, 1.54) is 37.7 Å². The zero-order valence-corrected chi connectivity index (χ0v) is 13.2. The van der Waals surface area contributed by atoms with Gasteiger partial charge in [-0.3, -0.25) is 0 Å². The number of pyridine rings is 1. The Morgan fingerprint density at radius 3 is 2.75 bits per heavy atom. The first-order valence-electron chi connectivity index (χ1n) is 8.05. The van der Waals surface area contributed by atoms with Crippen LogP contribution >= 0.6 is 0 Å². The summed E-state index contributed by atoms with van der Waals surface area (Å²) in [6.45, 7) is 6.41. The molecule has 1 fully saturated rings. The summed E-state index contributed by atoms with van der Waals surface area (Å²) in [5.74, 6) is 1.99. The second-order valence-electron chi connectivity index (χ2n) is 6.41. The highest BCUT2D eigenvalue weighted by Gasteiger charge is 2.17. The first-order chi connectivity index (χ1) is 9.66. The molecule has 1 heterocycles. The van der Waals surface area contributed by atoms with Crippen LogP contribution in [-0.4, -0.2) is 24.6 Å². The van der Waals surface area contributed by atoms with E-state index in [2.05, 4.69) is 42.2 Å². The highest BCUT2D eigenvalue weighted by atomic mass is 15.2. The summed E-state index contributed by atoms with van der Waals surface area (Å²) in [5, 5.41) is 3.49. The molecule has 1 aromatic rings. The van der Waals surface area contributed by atoms with Gasteiger partial charge in [-0.1, -0.05) is 39.2 Å². The summed E-state index contributed by atoms with van der Waals surface area (Å²) < 4.78 is 0. The number of hydrogen-bond donors (Lipinski definition) is 1. The second kappa shape index (κ2) is 7.63. The van der Waals surface area contributed by atoms with Gasteiger partial charge in [-0.25, -0.2) is 4.98 Å². The molecule has 0 bridgehead atoms. The fourth-order valence-electron chi connectivity index (χ4n) is 3.07. The van der Waals surface area contributed by atoms with Gasteiger partial charge in [-0.05, 0) is 24.8 Å². The molecule has 3 heteroatoms. The van der Waals surface area contributed by atoms with Crippen LogP contribution in [0.3, 0.4) is 0 Å². The molecule has 0 atom stereocenters. The molecular formula is C17H29N3. The molecule has 3 nitrogen and oxygen atoms in total. The van der Waals surface area contributed by atoms with Gasteiger partial charge in [0.1, 0.15) is 5.82 Å². The third-order valence-electron chi connectivity index (χ3n) is 4.19. The van der Waals surface area contributed by atoms with Crippen LogP contribution < -0.4 is 10.2 Å². The lowest BCUT2D eigenvalue weighted by atomic mass is 9.89. The fraction of sp³-hybridized carbons (Fsp3) is 0.706. The SMILES string of the molecule is CC(C)NCc1cccnc1N(C)CC1CCCCC1. The standard InChI is InChI=1S/C17H29N3/c1-14(2)19-12-16-10-7-11-18-17(16)20(3)13-15-8-5-4-6-9-15/h7,10-11,14-15,19H,4-6,8-9,12-13H2,1-3H3. The number of nitrogens with zero attached hydrogens (tertiary/aromatic N) is 2. The third kappa shape index (κ3) is 4.48. The van der Waals surface area contributed by atoms with Crippen molar-refractivity contribution in [2.75, 3.05) is 18.5 Å². The molecular weight excluding hydrogens is 246 g/mol. The van der Waals surface area contributed by atoms with Crippen molar-refractivity contribution in [1.82, 2.24) is 10.3 Å². The lowest BCUT2D eigenvalue weighted by Gasteiger charge is -2.29. The first-order valence-corrected chi connectivity index (χ1v) is 8.05. The number of nitrogens with one attached hydrogen (secondary N) is 1. The average Bonchev–Trinajstić information content (AvgIpc) is 2.46. The van der Waals surface area contributed by atoms with E-state index in [9.17, 15) is 0 Å². The maximum absolute atomic E-state index is 4.61. The topological polar surface area (TPSA) is 28.2 Å². The van der Waals surface area contributed by atoms with Crippen molar-refractivity contribution >= 4 is 5.82 Å². The van der Waals surface area contributed by atoms with Gasteiger partial charge in [0.05, 0.1) is 0 Å². The summed E-state index contributed by atoms with van der Waals surface area (Å²) in [5.41, 5.74) is 1.31. The summed E-state index contributed by atoms with van der Waals surface area (Å²) in [7, 11) is 2.19. The molecule has 2 rings (SSSR count). The van der Waals surface area contributed by atoms with Crippen LogP contribution in [0.4, 0.5) is 5.82 Å². The Kier molecular flexibility index (Phi) is 5.84. The lowest BCUT2D eigenvalue weighted by Crippen LogP contribution is -2.29. The van der Waals surface area contributed by atoms with Crippen LogP contribution in [0.25, 0.3) is 0 Å². The van der Waals surface area contributed by atoms with Crippen molar-refractivity contribution in [2.24, 2.45) is 5.92 Å². The van der Waals surface area contributed by atoms with E-state index in [4.69, 9.17) is 0 Å². The van der Waals surface area contributed by atoms with Gasteiger partial charge in [-0.15, -0.1) is 0 Å². The Bertz CT molecular complexity index is 397. The van der Waals surface area contributed by atoms with Crippen molar-refractivity contribution < 1.29 is 0 Å². The number of hydrogen-bond acceptors (Lipinski definition) is 3. The van der Waals surface area contributed by atoms with Crippen molar-refractivity contribution in [1.29, 1.82) is 0 Å². The Labute approximate surface area is 123 Å². The molecule has 0 aliphatic heterocycles. The van der Waals surface area contributed by atoms with Gasteiger partial charge in [0, 0.05) is 37.9 Å². The van der Waals surface area contributed by atoms with Crippen LogP contribution in [0.5, 0.6) is 0 Å². The lowest BCUT2D eigenvalue weighted by molar-refractivity contribution is 0.361. The van der Waals surface area contributed by atoms with Crippen molar-refractivity contribution in [3.05, 3.63) is 23.9 Å². The molecule has 0 aromatic carbocycles. The van der Waals surface area contributed by atoms with Gasteiger partial charge in [0.25, 0.3) is 0 Å². The van der Waals surface area contributed by atoms with Crippen LogP contribution in [0, 0.1) is 5.92 Å². The van der Waals surface area contributed by atoms with Crippen molar-refractivity contribution in [3.8, 4) is 0 Å². The molecule has 0 amide bonds. The Morgan fingerprint density at radius 2 is 2.05 bits per heavy atom. The smallest absolute Gasteiger partial charge is 0.132 e. The Morgan fingerprint density at radius 1 is 1.30 bits per heavy atom. The van der Waals surface area contributed by atoms with Gasteiger partial charge in [0.2, 0.25) is 0 Å². The molecule has 1 aromatic heterocycles. The average molecular weight is 275 g/mol. The third-order valence-corrected chi connectivity index (χ3v) is 4.19. The molecule has 0 spiro atoms. The molecule has 0 radical (unpaired) electrons. The van der Waals surface area contributed by atoms with Gasteiger partial charge in [-0.2, -0.15) is 0 Å². The number of anilines is 1. The molecule has 0 unspecified atom stereocenters. The maximum atomic E-state index is 4.61. The molecule has 20 heavy (non-hydrogen) atoms. The summed E-state index contributed by atoms with van der Waals surface area (Å²) >= 11 is 0. The monoisotopic (exact) mass is 275 g/mol. The second-order valence-corrected chi connectivity index (χ2v) is 6.41. The minimum atomic E-state index is 0.506. The highest BCUT2D eigenvalue weighted by Crippen LogP contribution is 2.26. The highest BCUT2D eigenvalue weighted by molar-refractivity contribution is 5.46. The predicted octanol–water partition coefficient (Wildman–Crippen LogP) is 3.60. The van der Waals surface area contributed by atoms with E-state index in [1.807, 2.05) is 12.3 Å². The van der Waals surface area contributed by atoms with Crippen molar-refractivity contribution in [2.45, 2.75) is 58.5 Å². The van der Waals surface area contributed by atoms with E-state index >= 15 is 0 Å². The van der Waals surface area contributed by atoms with E-state index in [-0.39, 0.29) is 0 Å². The summed E-state index contributed by atoms with van der Waals surface area (Å²) in [6, 6.07) is 4.73. The number of rotatable bonds is 6. The van der Waals surface area contributed by atoms with E-state index in [1.54, 1.807) is 0 Å².